The third-order valence-electron chi connectivity index (χ3n) is 5.78. The van der Waals surface area contributed by atoms with E-state index in [2.05, 4.69) is 0 Å². The monoisotopic (exact) mass is 415 g/mol. The van der Waals surface area contributed by atoms with Gasteiger partial charge >= 0.3 is 11.9 Å². The number of hydrogen-bond acceptors (Lipinski definition) is 7. The van der Waals surface area contributed by atoms with Crippen molar-refractivity contribution in [2.45, 2.75) is 44.1 Å². The molecule has 30 heavy (non-hydrogen) atoms. The Labute approximate surface area is 177 Å². The van der Waals surface area contributed by atoms with Crippen molar-refractivity contribution in [3.05, 3.63) is 47.3 Å². The Morgan fingerprint density at radius 2 is 1.47 bits per heavy atom. The van der Waals surface area contributed by atoms with Crippen LogP contribution in [0.1, 0.15) is 43.6 Å². The zero-order valence-corrected chi connectivity index (χ0v) is 18.0. The average molecular weight is 415 g/mol. The van der Waals surface area contributed by atoms with Crippen molar-refractivity contribution in [1.29, 1.82) is 0 Å². The molecule has 1 aromatic carbocycles. The highest BCUT2D eigenvalue weighted by atomic mass is 16.5. The average Bonchev–Trinajstić information content (AvgIpc) is 2.81. The number of nitrogens with zero attached hydrogens (tertiary/aromatic N) is 1. The SMILES string of the molecule is COC(=O)C1=CN(C2CCCCC2)C=C(C(=O)OC)C1c1cccc(OC)c1OC. The molecule has 0 spiro atoms. The highest BCUT2D eigenvalue weighted by molar-refractivity contribution is 5.99. The maximum Gasteiger partial charge on any atom is 0.336 e. The Morgan fingerprint density at radius 3 is 1.97 bits per heavy atom. The van der Waals surface area contributed by atoms with E-state index in [0.717, 1.165) is 25.7 Å². The predicted molar refractivity (Wildman–Crippen MR) is 111 cm³/mol. The van der Waals surface area contributed by atoms with E-state index < -0.39 is 17.9 Å². The molecule has 0 radical (unpaired) electrons. The maximum absolute atomic E-state index is 12.8. The van der Waals surface area contributed by atoms with Crippen molar-refractivity contribution in [2.75, 3.05) is 28.4 Å². The lowest BCUT2D eigenvalue weighted by atomic mass is 9.82. The number of rotatable bonds is 6. The third kappa shape index (κ3) is 4.15. The lowest BCUT2D eigenvalue weighted by molar-refractivity contribution is -0.137. The van der Waals surface area contributed by atoms with E-state index in [1.165, 1.54) is 27.8 Å². The molecule has 0 atom stereocenters. The van der Waals surface area contributed by atoms with Crippen molar-refractivity contribution >= 4 is 11.9 Å². The Balaban J connectivity index is 2.17. The molecule has 7 nitrogen and oxygen atoms in total. The van der Waals surface area contributed by atoms with Gasteiger partial charge in [-0.2, -0.15) is 0 Å². The molecule has 0 unspecified atom stereocenters. The van der Waals surface area contributed by atoms with Gasteiger partial charge in [-0.1, -0.05) is 31.4 Å². The topological polar surface area (TPSA) is 74.3 Å². The molecule has 3 rings (SSSR count). The minimum absolute atomic E-state index is 0.228. The Bertz CT molecular complexity index is 819. The molecule has 1 aliphatic carbocycles. The first kappa shape index (κ1) is 21.7. The lowest BCUT2D eigenvalue weighted by Gasteiger charge is -2.36. The summed E-state index contributed by atoms with van der Waals surface area (Å²) in [4.78, 5) is 27.6. The van der Waals surface area contributed by atoms with Crippen LogP contribution in [0.25, 0.3) is 0 Å². The van der Waals surface area contributed by atoms with E-state index in [0.29, 0.717) is 28.2 Å². The van der Waals surface area contributed by atoms with Gasteiger partial charge in [-0.3, -0.25) is 0 Å². The van der Waals surface area contributed by atoms with Crippen molar-refractivity contribution in [3.8, 4) is 11.5 Å². The number of carbonyl (C=O) groups is 2. The second-order valence-corrected chi connectivity index (χ2v) is 7.41. The van der Waals surface area contributed by atoms with Gasteiger partial charge in [0.25, 0.3) is 0 Å². The molecule has 2 aliphatic rings. The molecule has 1 aromatic rings. The summed E-state index contributed by atoms with van der Waals surface area (Å²) in [5.41, 5.74) is 1.35. The smallest absolute Gasteiger partial charge is 0.336 e. The van der Waals surface area contributed by atoms with Crippen LogP contribution < -0.4 is 9.47 Å². The van der Waals surface area contributed by atoms with Crippen molar-refractivity contribution in [3.63, 3.8) is 0 Å². The number of esters is 2. The van der Waals surface area contributed by atoms with Gasteiger partial charge in [0.05, 0.1) is 45.5 Å². The Hall–Kier alpha value is -2.96. The fourth-order valence-electron chi connectivity index (χ4n) is 4.32. The van der Waals surface area contributed by atoms with Crippen LogP contribution >= 0.6 is 0 Å². The first-order chi connectivity index (χ1) is 14.5. The quantitative estimate of drug-likeness (QED) is 0.658. The van der Waals surface area contributed by atoms with E-state index in [9.17, 15) is 9.59 Å². The van der Waals surface area contributed by atoms with Crippen molar-refractivity contribution < 1.29 is 28.5 Å². The molecule has 1 fully saturated rings. The van der Waals surface area contributed by atoms with E-state index in [1.807, 2.05) is 11.0 Å². The minimum atomic E-state index is -0.699. The molecule has 0 saturated heterocycles. The highest BCUT2D eigenvalue weighted by Gasteiger charge is 2.38. The molecule has 162 valence electrons. The number of ether oxygens (including phenoxy) is 4. The van der Waals surface area contributed by atoms with Crippen LogP contribution in [-0.2, 0) is 19.1 Å². The van der Waals surface area contributed by atoms with Gasteiger partial charge in [0.15, 0.2) is 11.5 Å². The fraction of sp³-hybridized carbons (Fsp3) is 0.478. The summed E-state index contributed by atoms with van der Waals surface area (Å²) in [7, 11) is 5.75. The van der Waals surface area contributed by atoms with E-state index >= 15 is 0 Å². The number of benzene rings is 1. The van der Waals surface area contributed by atoms with Gasteiger partial charge in [0, 0.05) is 24.0 Å². The first-order valence-corrected chi connectivity index (χ1v) is 10.1. The van der Waals surface area contributed by atoms with E-state index in [1.54, 1.807) is 31.6 Å². The van der Waals surface area contributed by atoms with Gasteiger partial charge in [0.1, 0.15) is 0 Å². The standard InChI is InChI=1S/C23H29NO6/c1-27-19-12-8-11-16(21(19)28-2)20-17(22(25)29-3)13-24(14-18(20)23(26)30-4)15-9-6-5-7-10-15/h8,11-15,20H,5-7,9-10H2,1-4H3. The Morgan fingerprint density at radius 1 is 0.867 bits per heavy atom. The van der Waals surface area contributed by atoms with Gasteiger partial charge < -0.3 is 23.8 Å². The van der Waals surface area contributed by atoms with E-state index in [-0.39, 0.29) is 6.04 Å². The molecule has 1 saturated carbocycles. The third-order valence-corrected chi connectivity index (χ3v) is 5.78. The second kappa shape index (κ2) is 9.69. The zero-order chi connectivity index (χ0) is 21.7. The largest absolute Gasteiger partial charge is 0.493 e. The number of methoxy groups -OCH3 is 4. The van der Waals surface area contributed by atoms with Crippen molar-refractivity contribution in [1.82, 2.24) is 4.90 Å². The molecule has 0 bridgehead atoms. The highest BCUT2D eigenvalue weighted by Crippen LogP contribution is 2.45. The number of hydrogen-bond donors (Lipinski definition) is 0. The van der Waals surface area contributed by atoms with Crippen LogP contribution in [0.3, 0.4) is 0 Å². The van der Waals surface area contributed by atoms with Gasteiger partial charge in [-0.15, -0.1) is 0 Å². The van der Waals surface area contributed by atoms with E-state index in [4.69, 9.17) is 18.9 Å². The van der Waals surface area contributed by atoms with Crippen LogP contribution in [0.2, 0.25) is 0 Å². The van der Waals surface area contributed by atoms with Crippen molar-refractivity contribution in [2.24, 2.45) is 0 Å². The molecular formula is C23H29NO6. The molecule has 1 aliphatic heterocycles. The van der Waals surface area contributed by atoms with Crippen LogP contribution in [0.4, 0.5) is 0 Å². The summed E-state index contributed by atoms with van der Waals surface area (Å²) in [6, 6.07) is 5.61. The molecule has 1 heterocycles. The molecule has 0 N–H and O–H groups in total. The maximum atomic E-state index is 12.8. The van der Waals surface area contributed by atoms with Crippen LogP contribution in [0, 0.1) is 0 Å². The number of carbonyl (C=O) groups excluding carboxylic acids is 2. The Kier molecular flexibility index (Phi) is 7.03. The minimum Gasteiger partial charge on any atom is -0.493 e. The van der Waals surface area contributed by atoms with Crippen LogP contribution in [-0.4, -0.2) is 51.3 Å². The summed E-state index contributed by atoms with van der Waals surface area (Å²) < 4.78 is 21.2. The molecule has 7 heteroatoms. The summed E-state index contributed by atoms with van der Waals surface area (Å²) in [6.07, 6.45) is 9.06. The summed E-state index contributed by atoms with van der Waals surface area (Å²) in [6.45, 7) is 0. The predicted octanol–water partition coefficient (Wildman–Crippen LogP) is 3.55. The molecular weight excluding hydrogens is 386 g/mol. The summed E-state index contributed by atoms with van der Waals surface area (Å²) in [5, 5.41) is 0. The number of para-hydroxylation sites is 1. The van der Waals surface area contributed by atoms with Gasteiger partial charge in [-0.05, 0) is 18.9 Å². The normalized spacial score (nSPS) is 17.7. The molecule has 0 amide bonds. The first-order valence-electron chi connectivity index (χ1n) is 10.1. The fourth-order valence-corrected chi connectivity index (χ4v) is 4.32. The van der Waals surface area contributed by atoms with Crippen LogP contribution in [0.5, 0.6) is 11.5 Å². The lowest BCUT2D eigenvalue weighted by Crippen LogP contribution is -2.35. The second-order valence-electron chi connectivity index (χ2n) is 7.41. The van der Waals surface area contributed by atoms with Crippen LogP contribution in [0.15, 0.2) is 41.7 Å². The zero-order valence-electron chi connectivity index (χ0n) is 18.0. The summed E-state index contributed by atoms with van der Waals surface area (Å²) >= 11 is 0. The summed E-state index contributed by atoms with van der Waals surface area (Å²) in [5.74, 6) is -0.728. The molecule has 0 aromatic heterocycles. The van der Waals surface area contributed by atoms with Gasteiger partial charge in [0.2, 0.25) is 0 Å². The van der Waals surface area contributed by atoms with Gasteiger partial charge in [-0.25, -0.2) is 9.59 Å².